The number of benzene rings is 2. The minimum Gasteiger partial charge on any atom is -0.493 e. The van der Waals surface area contributed by atoms with Crippen molar-refractivity contribution < 1.29 is 28.5 Å². The SMILES string of the molecule is COCC(=O)N(CC(=O)Nc1nc(-c2ccc(Cl)cc2)cn1-c1ccc(OC)c(OC)c1)CC1CCCO1. The standard InChI is InChI=1S/C27H31ClN4O6/c1-35-17-26(34)31(14-21-5-4-12-38-21)16-25(33)30-27-29-22(18-6-8-19(28)9-7-18)15-32(27)20-10-11-23(36-2)24(13-20)37-3/h6-11,13,15,21H,4-5,12,14,16-17H2,1-3H3,(H,29,30,33). The maximum Gasteiger partial charge on any atom is 0.249 e. The van der Waals surface area contributed by atoms with Gasteiger partial charge in [0.25, 0.3) is 0 Å². The second-order valence-electron chi connectivity index (χ2n) is 8.76. The Labute approximate surface area is 226 Å². The zero-order valence-electron chi connectivity index (χ0n) is 21.6. The number of nitrogens with zero attached hydrogens (tertiary/aromatic N) is 3. The molecule has 1 aliphatic heterocycles. The zero-order valence-corrected chi connectivity index (χ0v) is 22.4. The van der Waals surface area contributed by atoms with Gasteiger partial charge in [0.15, 0.2) is 11.5 Å². The first-order valence-electron chi connectivity index (χ1n) is 12.2. The second kappa shape index (κ2) is 12.8. The quantitative estimate of drug-likeness (QED) is 0.393. The lowest BCUT2D eigenvalue weighted by Crippen LogP contribution is -2.44. The van der Waals surface area contributed by atoms with E-state index in [2.05, 4.69) is 10.3 Å². The first kappa shape index (κ1) is 27.4. The summed E-state index contributed by atoms with van der Waals surface area (Å²) in [6.07, 6.45) is 3.47. The molecule has 1 N–H and O–H groups in total. The average molecular weight is 543 g/mol. The van der Waals surface area contributed by atoms with E-state index >= 15 is 0 Å². The maximum atomic E-state index is 13.2. The molecule has 11 heteroatoms. The molecule has 1 atom stereocenters. The first-order chi connectivity index (χ1) is 18.4. The smallest absolute Gasteiger partial charge is 0.249 e. The highest BCUT2D eigenvalue weighted by molar-refractivity contribution is 6.30. The highest BCUT2D eigenvalue weighted by Crippen LogP contribution is 2.32. The van der Waals surface area contributed by atoms with Gasteiger partial charge in [-0.3, -0.25) is 19.5 Å². The fourth-order valence-corrected chi connectivity index (χ4v) is 4.37. The third-order valence-electron chi connectivity index (χ3n) is 6.15. The van der Waals surface area contributed by atoms with Crippen LogP contribution in [0.25, 0.3) is 16.9 Å². The molecule has 2 heterocycles. The predicted molar refractivity (Wildman–Crippen MR) is 143 cm³/mol. The van der Waals surface area contributed by atoms with Crippen LogP contribution in [0.4, 0.5) is 5.95 Å². The van der Waals surface area contributed by atoms with Crippen molar-refractivity contribution in [2.24, 2.45) is 0 Å². The zero-order chi connectivity index (χ0) is 27.1. The fourth-order valence-electron chi connectivity index (χ4n) is 4.24. The molecule has 3 aromatic rings. The number of hydrogen-bond donors (Lipinski definition) is 1. The average Bonchev–Trinajstić information content (AvgIpc) is 3.58. The number of rotatable bonds is 11. The van der Waals surface area contributed by atoms with E-state index in [4.69, 9.17) is 30.5 Å². The van der Waals surface area contributed by atoms with Crippen LogP contribution < -0.4 is 14.8 Å². The largest absolute Gasteiger partial charge is 0.493 e. The van der Waals surface area contributed by atoms with Gasteiger partial charge in [-0.05, 0) is 37.1 Å². The molecule has 1 saturated heterocycles. The minimum absolute atomic E-state index is 0.103. The molecule has 0 radical (unpaired) electrons. The molecular weight excluding hydrogens is 512 g/mol. The molecule has 38 heavy (non-hydrogen) atoms. The van der Waals surface area contributed by atoms with E-state index < -0.39 is 5.91 Å². The summed E-state index contributed by atoms with van der Waals surface area (Å²) in [5.41, 5.74) is 2.13. The van der Waals surface area contributed by atoms with Crippen molar-refractivity contribution in [3.8, 4) is 28.4 Å². The summed E-state index contributed by atoms with van der Waals surface area (Å²) in [6.45, 7) is 0.674. The number of aromatic nitrogens is 2. The fraction of sp³-hybridized carbons (Fsp3) is 0.370. The Balaban J connectivity index is 1.63. The Morgan fingerprint density at radius 1 is 1.13 bits per heavy atom. The first-order valence-corrected chi connectivity index (χ1v) is 12.6. The van der Waals surface area contributed by atoms with Crippen molar-refractivity contribution in [3.63, 3.8) is 0 Å². The van der Waals surface area contributed by atoms with E-state index in [1.54, 1.807) is 49.2 Å². The van der Waals surface area contributed by atoms with Crippen LogP contribution in [0.5, 0.6) is 11.5 Å². The Morgan fingerprint density at radius 2 is 1.89 bits per heavy atom. The van der Waals surface area contributed by atoms with E-state index in [9.17, 15) is 9.59 Å². The van der Waals surface area contributed by atoms with Crippen LogP contribution in [0.15, 0.2) is 48.7 Å². The van der Waals surface area contributed by atoms with Crippen molar-refractivity contribution in [3.05, 3.63) is 53.7 Å². The predicted octanol–water partition coefficient (Wildman–Crippen LogP) is 3.80. The van der Waals surface area contributed by atoms with Gasteiger partial charge in [-0.1, -0.05) is 23.7 Å². The number of ether oxygens (including phenoxy) is 4. The monoisotopic (exact) mass is 542 g/mol. The van der Waals surface area contributed by atoms with E-state index in [1.807, 2.05) is 18.2 Å². The van der Waals surface area contributed by atoms with Crippen LogP contribution in [-0.2, 0) is 19.1 Å². The normalized spacial score (nSPS) is 14.8. The third-order valence-corrected chi connectivity index (χ3v) is 6.40. The van der Waals surface area contributed by atoms with Gasteiger partial charge in [-0.25, -0.2) is 4.98 Å². The number of imidazole rings is 1. The van der Waals surface area contributed by atoms with Gasteiger partial charge in [-0.15, -0.1) is 0 Å². The van der Waals surface area contributed by atoms with Gasteiger partial charge < -0.3 is 23.8 Å². The van der Waals surface area contributed by atoms with Crippen LogP contribution in [0.2, 0.25) is 5.02 Å². The number of carbonyl (C=O) groups excluding carboxylic acids is 2. The molecule has 2 amide bonds. The summed E-state index contributed by atoms with van der Waals surface area (Å²) >= 11 is 6.06. The van der Waals surface area contributed by atoms with E-state index in [0.29, 0.717) is 41.1 Å². The van der Waals surface area contributed by atoms with Gasteiger partial charge in [0.2, 0.25) is 17.8 Å². The summed E-state index contributed by atoms with van der Waals surface area (Å²) < 4.78 is 23.3. The molecule has 202 valence electrons. The lowest BCUT2D eigenvalue weighted by Gasteiger charge is -2.24. The summed E-state index contributed by atoms with van der Waals surface area (Å²) in [4.78, 5) is 32.0. The van der Waals surface area contributed by atoms with Crippen LogP contribution in [0.3, 0.4) is 0 Å². The molecule has 4 rings (SSSR count). The molecule has 1 unspecified atom stereocenters. The van der Waals surface area contributed by atoms with Gasteiger partial charge in [-0.2, -0.15) is 0 Å². The lowest BCUT2D eigenvalue weighted by molar-refractivity contribution is -0.139. The molecule has 2 aromatic carbocycles. The van der Waals surface area contributed by atoms with Gasteiger partial charge in [0.1, 0.15) is 13.2 Å². The van der Waals surface area contributed by atoms with Crippen LogP contribution in [0.1, 0.15) is 12.8 Å². The third kappa shape index (κ3) is 6.63. The highest BCUT2D eigenvalue weighted by Gasteiger charge is 2.25. The molecule has 1 fully saturated rings. The molecule has 0 saturated carbocycles. The summed E-state index contributed by atoms with van der Waals surface area (Å²) in [6, 6.07) is 12.6. The number of amides is 2. The lowest BCUT2D eigenvalue weighted by atomic mass is 10.2. The number of carbonyl (C=O) groups is 2. The molecule has 0 spiro atoms. The van der Waals surface area contributed by atoms with Crippen molar-refractivity contribution >= 4 is 29.4 Å². The summed E-state index contributed by atoms with van der Waals surface area (Å²) in [5.74, 6) is 0.687. The second-order valence-corrected chi connectivity index (χ2v) is 9.19. The summed E-state index contributed by atoms with van der Waals surface area (Å²) in [5, 5.41) is 3.47. The molecule has 1 aliphatic rings. The summed E-state index contributed by atoms with van der Waals surface area (Å²) in [7, 11) is 4.56. The maximum absolute atomic E-state index is 13.2. The van der Waals surface area contributed by atoms with Crippen LogP contribution in [-0.4, -0.2) is 80.0 Å². The van der Waals surface area contributed by atoms with Gasteiger partial charge in [0.05, 0.1) is 31.7 Å². The van der Waals surface area contributed by atoms with Gasteiger partial charge >= 0.3 is 0 Å². The van der Waals surface area contributed by atoms with E-state index in [0.717, 1.165) is 18.4 Å². The number of methoxy groups -OCH3 is 3. The van der Waals surface area contributed by atoms with Crippen molar-refractivity contribution in [1.82, 2.24) is 14.5 Å². The van der Waals surface area contributed by atoms with E-state index in [1.165, 1.54) is 12.0 Å². The molecule has 10 nitrogen and oxygen atoms in total. The Hall–Kier alpha value is -3.60. The van der Waals surface area contributed by atoms with Crippen molar-refractivity contribution in [2.75, 3.05) is 52.9 Å². The number of nitrogens with one attached hydrogen (secondary N) is 1. The Bertz CT molecular complexity index is 1260. The molecular formula is C27H31ClN4O6. The number of anilines is 1. The minimum atomic E-state index is -0.401. The molecule has 0 bridgehead atoms. The van der Waals surface area contributed by atoms with Crippen molar-refractivity contribution in [2.45, 2.75) is 18.9 Å². The van der Waals surface area contributed by atoms with Crippen LogP contribution >= 0.6 is 11.6 Å². The number of hydrogen-bond acceptors (Lipinski definition) is 7. The van der Waals surface area contributed by atoms with E-state index in [-0.39, 0.29) is 31.1 Å². The highest BCUT2D eigenvalue weighted by atomic mass is 35.5. The van der Waals surface area contributed by atoms with Gasteiger partial charge in [0, 0.05) is 43.1 Å². The van der Waals surface area contributed by atoms with Crippen molar-refractivity contribution in [1.29, 1.82) is 0 Å². The Kier molecular flexibility index (Phi) is 9.22. The topological polar surface area (TPSA) is 104 Å². The number of halogens is 1. The molecule has 0 aliphatic carbocycles. The Morgan fingerprint density at radius 3 is 2.55 bits per heavy atom. The van der Waals surface area contributed by atoms with Crippen LogP contribution in [0, 0.1) is 0 Å². The molecule has 1 aromatic heterocycles.